The Morgan fingerprint density at radius 1 is 0.867 bits per heavy atom. The molecule has 0 aliphatic carbocycles. The first-order chi connectivity index (χ1) is 14.6. The lowest BCUT2D eigenvalue weighted by Crippen LogP contribution is -2.29. The molecule has 0 spiro atoms. The normalized spacial score (nSPS) is 11.3. The number of aromatic amines is 2. The van der Waals surface area contributed by atoms with Crippen LogP contribution >= 0.6 is 0 Å². The van der Waals surface area contributed by atoms with Crippen molar-refractivity contribution in [1.29, 1.82) is 0 Å². The lowest BCUT2D eigenvalue weighted by molar-refractivity contribution is 0.820. The average Bonchev–Trinajstić information content (AvgIpc) is 3.36. The van der Waals surface area contributed by atoms with Gasteiger partial charge in [-0.3, -0.25) is 26.9 Å². The van der Waals surface area contributed by atoms with Crippen molar-refractivity contribution >= 4 is 41.6 Å². The van der Waals surface area contributed by atoms with Crippen LogP contribution in [0.15, 0.2) is 10.2 Å². The molecule has 0 aromatic carbocycles. The van der Waals surface area contributed by atoms with E-state index in [1.165, 1.54) is 0 Å². The molecule has 0 saturated carbocycles. The first-order valence-electron chi connectivity index (χ1n) is 8.38. The van der Waals surface area contributed by atoms with E-state index in [0.29, 0.717) is 5.95 Å². The number of nitrogens with zero attached hydrogens (tertiary/aromatic N) is 10. The van der Waals surface area contributed by atoms with Gasteiger partial charge >= 0.3 is 0 Å². The summed E-state index contributed by atoms with van der Waals surface area (Å²) in [5.74, 6) is 0.928. The Labute approximate surface area is 167 Å². The average molecular weight is 418 g/mol. The topological polar surface area (TPSA) is 249 Å². The van der Waals surface area contributed by atoms with Gasteiger partial charge in [-0.2, -0.15) is 9.97 Å². The summed E-state index contributed by atoms with van der Waals surface area (Å²) in [6.07, 6.45) is 0. The maximum absolute atomic E-state index is 10.7. The van der Waals surface area contributed by atoms with Crippen LogP contribution in [-0.2, 0) is 0 Å². The SMILES string of the molecule is CNNc1nc(Nc2nnc(Nc3n[nH]c(NNC(N=O)=NC(C)C)n3)nn2)n[nH]1. The monoisotopic (exact) mass is 418 g/mol. The minimum absolute atomic E-state index is 0.0446. The number of nitroso groups, excluding NO2 is 1. The van der Waals surface area contributed by atoms with E-state index in [9.17, 15) is 4.91 Å². The maximum atomic E-state index is 10.7. The molecular formula is C11H18N18O. The molecule has 0 radical (unpaired) electrons. The summed E-state index contributed by atoms with van der Waals surface area (Å²) in [6, 6.07) is -0.107. The molecule has 0 aliphatic heterocycles. The van der Waals surface area contributed by atoms with Crippen LogP contribution in [0, 0.1) is 4.91 Å². The molecule has 3 aromatic rings. The number of aromatic nitrogens is 10. The molecule has 0 atom stereocenters. The van der Waals surface area contributed by atoms with Gasteiger partial charge in [-0.05, 0) is 13.8 Å². The van der Waals surface area contributed by atoms with Gasteiger partial charge in [-0.1, -0.05) is 0 Å². The molecule has 158 valence electrons. The molecule has 0 unspecified atom stereocenters. The maximum Gasteiger partial charge on any atom is 0.279 e. The van der Waals surface area contributed by atoms with Crippen molar-refractivity contribution in [2.75, 3.05) is 28.5 Å². The van der Waals surface area contributed by atoms with E-state index < -0.39 is 0 Å². The van der Waals surface area contributed by atoms with E-state index in [4.69, 9.17) is 0 Å². The zero-order valence-electron chi connectivity index (χ0n) is 16.0. The Balaban J connectivity index is 1.53. The third-order valence-electron chi connectivity index (χ3n) is 2.90. The lowest BCUT2D eigenvalue weighted by Gasteiger charge is -2.04. The van der Waals surface area contributed by atoms with Crippen molar-refractivity contribution in [3.05, 3.63) is 4.91 Å². The van der Waals surface area contributed by atoms with E-state index in [-0.39, 0.29) is 41.7 Å². The molecule has 0 aliphatic rings. The number of guanidine groups is 1. The molecule has 0 amide bonds. The highest BCUT2D eigenvalue weighted by atomic mass is 16.3. The quantitative estimate of drug-likeness (QED) is 0.0896. The van der Waals surface area contributed by atoms with Crippen LogP contribution in [0.1, 0.15) is 13.8 Å². The minimum atomic E-state index is -0.129. The van der Waals surface area contributed by atoms with Crippen LogP contribution in [0.5, 0.6) is 0 Å². The second-order valence-corrected chi connectivity index (χ2v) is 5.58. The van der Waals surface area contributed by atoms with Crippen molar-refractivity contribution in [1.82, 2.24) is 61.6 Å². The standard InChI is InChI=1S/C11H18N18O/c1-4(2)13-11(29-30)28-27-8-16-6(20-22-8)17-10-25-23-9(24-26-10)15-5-14-7(18-12-3)21-19-5/h4,12H,1-3H3,(H,13,28)(H3,14,15,18,19,21,23,24)(H3,16,17,20,22,25,26,27). The van der Waals surface area contributed by atoms with Crippen molar-refractivity contribution in [3.8, 4) is 0 Å². The van der Waals surface area contributed by atoms with Gasteiger partial charge in [0.05, 0.1) is 0 Å². The Hall–Kier alpha value is -4.55. The zero-order valence-corrected chi connectivity index (χ0v) is 16.0. The summed E-state index contributed by atoms with van der Waals surface area (Å²) in [7, 11) is 1.68. The fourth-order valence-electron chi connectivity index (χ4n) is 1.83. The van der Waals surface area contributed by atoms with E-state index in [1.54, 1.807) is 20.9 Å². The number of H-pyrrole nitrogens is 2. The van der Waals surface area contributed by atoms with Crippen LogP contribution in [0.3, 0.4) is 0 Å². The van der Waals surface area contributed by atoms with Gasteiger partial charge in [0.1, 0.15) is 0 Å². The van der Waals surface area contributed by atoms with Crippen molar-refractivity contribution in [3.63, 3.8) is 0 Å². The molecule has 19 heteroatoms. The first kappa shape index (κ1) is 20.2. The number of hydrazine groups is 2. The summed E-state index contributed by atoms with van der Waals surface area (Å²) in [6.45, 7) is 3.60. The largest absolute Gasteiger partial charge is 0.290 e. The van der Waals surface area contributed by atoms with Gasteiger partial charge in [0.15, 0.2) is 0 Å². The Morgan fingerprint density at radius 2 is 1.40 bits per heavy atom. The van der Waals surface area contributed by atoms with Crippen molar-refractivity contribution in [2.45, 2.75) is 19.9 Å². The summed E-state index contributed by atoms with van der Waals surface area (Å²) >= 11 is 0. The van der Waals surface area contributed by atoms with Gasteiger partial charge in [0.25, 0.3) is 29.8 Å². The first-order valence-corrected chi connectivity index (χ1v) is 8.38. The number of hydrogen-bond donors (Lipinski definition) is 8. The Morgan fingerprint density at radius 3 is 1.87 bits per heavy atom. The van der Waals surface area contributed by atoms with Crippen LogP contribution in [0.4, 0.5) is 35.7 Å². The van der Waals surface area contributed by atoms with Crippen LogP contribution in [0.25, 0.3) is 0 Å². The predicted octanol–water partition coefficient (Wildman–Crippen LogP) is -1.02. The molecule has 0 fully saturated rings. The molecule has 30 heavy (non-hydrogen) atoms. The summed E-state index contributed by atoms with van der Waals surface area (Å²) < 4.78 is 0. The lowest BCUT2D eigenvalue weighted by atomic mass is 10.4. The Bertz CT molecular complexity index is 974. The van der Waals surface area contributed by atoms with Crippen LogP contribution in [-0.4, -0.2) is 69.8 Å². The zero-order chi connectivity index (χ0) is 21.3. The molecule has 0 saturated heterocycles. The highest BCUT2D eigenvalue weighted by Crippen LogP contribution is 2.10. The van der Waals surface area contributed by atoms with Gasteiger partial charge in [0, 0.05) is 18.3 Å². The minimum Gasteiger partial charge on any atom is -0.290 e. The second-order valence-electron chi connectivity index (χ2n) is 5.58. The number of rotatable bonds is 9. The van der Waals surface area contributed by atoms with Gasteiger partial charge in [-0.25, -0.2) is 20.6 Å². The molecule has 0 bridgehead atoms. The number of hydrogen-bond acceptors (Lipinski definition) is 15. The van der Waals surface area contributed by atoms with Crippen molar-refractivity contribution in [2.24, 2.45) is 10.2 Å². The summed E-state index contributed by atoms with van der Waals surface area (Å²) in [5, 5.41) is 36.6. The van der Waals surface area contributed by atoms with E-state index in [0.717, 1.165) is 0 Å². The predicted molar refractivity (Wildman–Crippen MR) is 105 cm³/mol. The highest BCUT2D eigenvalue weighted by Gasteiger charge is 2.09. The van der Waals surface area contributed by atoms with Crippen LogP contribution in [0.2, 0.25) is 0 Å². The number of anilines is 6. The molecule has 3 heterocycles. The molecule has 3 rings (SSSR count). The molecular weight excluding hydrogens is 400 g/mol. The summed E-state index contributed by atoms with van der Waals surface area (Å²) in [4.78, 5) is 22.8. The van der Waals surface area contributed by atoms with Gasteiger partial charge < -0.3 is 0 Å². The molecule has 19 nitrogen and oxygen atoms in total. The highest BCUT2D eigenvalue weighted by molar-refractivity contribution is 5.81. The smallest absolute Gasteiger partial charge is 0.279 e. The Kier molecular flexibility index (Phi) is 6.45. The van der Waals surface area contributed by atoms with E-state index in [2.05, 4.69) is 93.3 Å². The van der Waals surface area contributed by atoms with Crippen molar-refractivity contribution < 1.29 is 0 Å². The van der Waals surface area contributed by atoms with E-state index in [1.807, 2.05) is 0 Å². The third kappa shape index (κ3) is 5.72. The summed E-state index contributed by atoms with van der Waals surface area (Å²) in [5.41, 5.74) is 10.5. The number of aliphatic imine (C=N–C) groups is 1. The third-order valence-corrected chi connectivity index (χ3v) is 2.90. The molecule has 8 N–H and O–H groups in total. The van der Waals surface area contributed by atoms with Gasteiger partial charge in [0.2, 0.25) is 11.9 Å². The fourth-order valence-corrected chi connectivity index (χ4v) is 1.83. The second kappa shape index (κ2) is 9.59. The number of nitrogens with one attached hydrogen (secondary N) is 8. The molecule has 3 aromatic heterocycles. The van der Waals surface area contributed by atoms with Crippen LogP contribution < -0.4 is 32.3 Å². The van der Waals surface area contributed by atoms with E-state index >= 15 is 0 Å². The van der Waals surface area contributed by atoms with Gasteiger partial charge in [-0.15, -0.1) is 35.5 Å². The fraction of sp³-hybridized carbons (Fsp3) is 0.364.